The number of hydrogen-bond donors (Lipinski definition) is 0. The van der Waals surface area contributed by atoms with Crippen molar-refractivity contribution >= 4 is 136 Å². The summed E-state index contributed by atoms with van der Waals surface area (Å²) in [5.41, 5.74) is 13.9. The fourth-order valence-electron chi connectivity index (χ4n) is 13.4. The van der Waals surface area contributed by atoms with E-state index in [2.05, 4.69) is 150 Å². The van der Waals surface area contributed by atoms with Gasteiger partial charge in [0.2, 0.25) is 0 Å². The van der Waals surface area contributed by atoms with Crippen LogP contribution in [0, 0.1) is 76.4 Å². The van der Waals surface area contributed by atoms with E-state index in [1.54, 1.807) is 37.2 Å². The van der Waals surface area contributed by atoms with E-state index in [0.717, 1.165) is 124 Å². The molecule has 5 aromatic heterocycles. The number of nitrogens with zero attached hydrogens (tertiary/aromatic N) is 18. The monoisotopic (exact) mass is 2040 g/mol. The Balaban J connectivity index is 0.000000114. The number of para-hydroxylation sites is 10. The van der Waals surface area contributed by atoms with E-state index in [4.69, 9.17) is 8.83 Å². The molecule has 0 unspecified atom stereocenters. The van der Waals surface area contributed by atoms with E-state index >= 15 is 0 Å². The summed E-state index contributed by atoms with van der Waals surface area (Å²) in [5, 5.41) is 4.54. The molecule has 22 rings (SSSR count). The van der Waals surface area contributed by atoms with Gasteiger partial charge in [-0.1, -0.05) is 107 Å². The van der Waals surface area contributed by atoms with Crippen LogP contribution in [0.15, 0.2) is 326 Å². The third-order valence-corrected chi connectivity index (χ3v) is 18.6. The molecule has 115 heavy (non-hydrogen) atoms. The number of rotatable bonds is 8. The Morgan fingerprint density at radius 3 is 1.00 bits per heavy atom. The predicted octanol–water partition coefficient (Wildman–Crippen LogP) is 20.0. The first-order chi connectivity index (χ1) is 55.2. The minimum Gasteiger partial charge on any atom is -0.514 e. The maximum Gasteiger partial charge on any atom is 0.145 e. The molecule has 3 radical (unpaired) electrons. The SMILES string of the molecule is CN1C=CN(c2[c-]ccc3c2oc2ccccc23)[CH-]1.CN1C=CN(c2[c-]ccc3c2oc2ccccc23)[CH-]1.CN1[CH-]N(c2[c-]cccc2)c2nccnc21.CN1[CH-]N(c2[c-]cccc2)c2nccnc21.[Ir].[Ir].[Ir].[c-]1ccccc1N1[CH-]N(c2ccccc2)c2ccccc21.[c-]1ccccc1N1[CH-]N(c2ccccc2)c2nccnc21. The van der Waals surface area contributed by atoms with Crippen molar-refractivity contribution in [3.05, 3.63) is 393 Å². The Bertz CT molecular complexity index is 5450. The minimum absolute atomic E-state index is 0. The van der Waals surface area contributed by atoms with Gasteiger partial charge >= 0.3 is 0 Å². The van der Waals surface area contributed by atoms with Crippen molar-refractivity contribution < 1.29 is 69.2 Å². The van der Waals surface area contributed by atoms with Gasteiger partial charge in [-0.2, -0.15) is 171 Å². The zero-order valence-electron chi connectivity index (χ0n) is 62.4. The first kappa shape index (κ1) is 79.0. The van der Waals surface area contributed by atoms with Gasteiger partial charge in [0.15, 0.2) is 0 Å². The number of furan rings is 2. The molecule has 0 fully saturated rings. The second-order valence-electron chi connectivity index (χ2n) is 26.0. The number of aromatic nitrogens is 6. The molecule has 11 heterocycles. The van der Waals surface area contributed by atoms with Gasteiger partial charge in [-0.25, -0.2) is 29.9 Å². The summed E-state index contributed by atoms with van der Waals surface area (Å²) in [4.78, 5) is 50.5. The van der Waals surface area contributed by atoms with Crippen LogP contribution < -0.4 is 49.0 Å². The van der Waals surface area contributed by atoms with E-state index in [1.165, 1.54) is 11.4 Å². The van der Waals surface area contributed by atoms with Gasteiger partial charge in [-0.15, -0.1) is 49.4 Å². The van der Waals surface area contributed by atoms with Gasteiger partial charge in [0, 0.05) is 142 Å². The van der Waals surface area contributed by atoms with E-state index < -0.39 is 0 Å². The molecular weight excluding hydrogens is 1970 g/mol. The van der Waals surface area contributed by atoms with Gasteiger partial charge in [0.1, 0.15) is 46.1 Å². The number of hydrogen-bond acceptors (Lipinski definition) is 20. The van der Waals surface area contributed by atoms with Crippen molar-refractivity contribution in [1.29, 1.82) is 0 Å². The van der Waals surface area contributed by atoms with E-state index in [1.807, 2.05) is 323 Å². The molecule has 0 amide bonds. The first-order valence-electron chi connectivity index (χ1n) is 36.1. The smallest absolute Gasteiger partial charge is 0.145 e. The summed E-state index contributed by atoms with van der Waals surface area (Å²) in [5.74, 6) is 5.03. The fraction of sp³-hybridized carbons (Fsp3) is 0.0435. The largest absolute Gasteiger partial charge is 0.514 e. The molecule has 6 aliphatic rings. The van der Waals surface area contributed by atoms with Crippen LogP contribution in [0.4, 0.5) is 91.8 Å². The first-order valence-corrected chi connectivity index (χ1v) is 36.1. The van der Waals surface area contributed by atoms with Crippen molar-refractivity contribution in [3.8, 4) is 0 Å². The topological polar surface area (TPSA) is 142 Å². The molecule has 0 N–H and O–H groups in total. The Kier molecular flexibility index (Phi) is 25.0. The van der Waals surface area contributed by atoms with Gasteiger partial charge in [0.05, 0.1) is 0 Å². The summed E-state index contributed by atoms with van der Waals surface area (Å²) in [6.45, 7) is 12.0. The van der Waals surface area contributed by atoms with Crippen LogP contribution in [0.1, 0.15) is 0 Å². The standard InChI is InChI=1S/C19H14N2.C17H12N4.2C16H12N2O.2C12H10N4.3Ir/c1-3-9-16(10-4-1)20-15-21(17-11-5-2-6-12-17)19-14-8-7-13-18(19)20;1-3-7-14(8-4-1)20-13-21(15-9-5-2-6-10-15)17-16(20)18-11-12-19-17;2*1-17-9-10-18(11-17)14-7-4-6-13-12-5-2-3-8-15(12)19-16(13)14;2*1-15-9-16(10-5-3-2-4-6-10)12-11(15)13-7-8-14-12;;;/h1-11,13-15H;1-9,11-13H;2*2-6,8-11H,1H3;2*2-5,7-9H,1H3;;;/q6*-2;;;. The number of fused-ring (bicyclic) bond motifs is 10. The molecule has 20 nitrogen and oxygen atoms in total. The summed E-state index contributed by atoms with van der Waals surface area (Å²) < 4.78 is 12.0. The van der Waals surface area contributed by atoms with E-state index in [9.17, 15) is 0 Å². The average molecular weight is 2040 g/mol. The van der Waals surface area contributed by atoms with Gasteiger partial charge in [-0.3, -0.25) is 0 Å². The van der Waals surface area contributed by atoms with Crippen LogP contribution in [0.2, 0.25) is 0 Å². The summed E-state index contributed by atoms with van der Waals surface area (Å²) in [7, 11) is 7.90. The maximum absolute atomic E-state index is 5.99. The van der Waals surface area contributed by atoms with Crippen molar-refractivity contribution in [2.24, 2.45) is 0 Å². The Morgan fingerprint density at radius 1 is 0.270 bits per heavy atom. The molecule has 11 aromatic carbocycles. The maximum atomic E-state index is 5.99. The van der Waals surface area contributed by atoms with Gasteiger partial charge < -0.3 is 67.6 Å². The molecule has 0 atom stereocenters. The third-order valence-electron chi connectivity index (χ3n) is 18.6. The van der Waals surface area contributed by atoms with Crippen LogP contribution in [0.3, 0.4) is 0 Å². The Hall–Kier alpha value is -12.7. The summed E-state index contributed by atoms with van der Waals surface area (Å²) >= 11 is 0. The van der Waals surface area contributed by atoms with Crippen molar-refractivity contribution in [2.75, 3.05) is 77.2 Å². The Labute approximate surface area is 709 Å². The van der Waals surface area contributed by atoms with Gasteiger partial charge in [-0.05, 0) is 102 Å². The van der Waals surface area contributed by atoms with E-state index in [0.29, 0.717) is 0 Å². The van der Waals surface area contributed by atoms with Crippen LogP contribution in [-0.4, -0.2) is 67.9 Å². The van der Waals surface area contributed by atoms with Crippen LogP contribution >= 0.6 is 0 Å². The quantitative estimate of drug-likeness (QED) is 0.133. The average Bonchev–Trinajstić information content (AvgIpc) is 1.63. The van der Waals surface area contributed by atoms with Crippen molar-refractivity contribution in [2.45, 2.75) is 0 Å². The Morgan fingerprint density at radius 2 is 0.600 bits per heavy atom. The molecule has 0 aliphatic carbocycles. The van der Waals surface area contributed by atoms with Crippen molar-refractivity contribution in [3.63, 3.8) is 0 Å². The molecule has 0 saturated carbocycles. The molecule has 579 valence electrons. The summed E-state index contributed by atoms with van der Waals surface area (Å²) in [6, 6.07) is 104. The molecule has 0 spiro atoms. The number of benzene rings is 11. The molecule has 0 bridgehead atoms. The second kappa shape index (κ2) is 36.4. The minimum atomic E-state index is 0. The van der Waals surface area contributed by atoms with Crippen LogP contribution in [-0.2, 0) is 60.3 Å². The molecule has 6 aliphatic heterocycles. The normalized spacial score (nSPS) is 13.7. The van der Waals surface area contributed by atoms with E-state index in [-0.39, 0.29) is 60.3 Å². The molecule has 23 heteroatoms. The van der Waals surface area contributed by atoms with Crippen LogP contribution in [0.5, 0.6) is 0 Å². The zero-order valence-corrected chi connectivity index (χ0v) is 69.5. The van der Waals surface area contributed by atoms with Crippen molar-refractivity contribution in [1.82, 2.24) is 39.7 Å². The predicted molar refractivity (Wildman–Crippen MR) is 446 cm³/mol. The number of anilines is 16. The molecule has 16 aromatic rings. The zero-order chi connectivity index (χ0) is 75.7. The molecular formula is C92H70Ir3N18O2-12. The third kappa shape index (κ3) is 16.9. The van der Waals surface area contributed by atoms with Crippen LogP contribution in [0.25, 0.3) is 43.9 Å². The molecule has 0 saturated heterocycles. The summed E-state index contributed by atoms with van der Waals surface area (Å²) in [6.07, 6.45) is 18.2. The fourth-order valence-corrected chi connectivity index (χ4v) is 13.4. The second-order valence-corrected chi connectivity index (χ2v) is 26.0. The van der Waals surface area contributed by atoms with Gasteiger partial charge in [0.25, 0.3) is 0 Å².